The molecule has 1 aromatic carbocycles. The molecule has 1 fully saturated rings. The van der Waals surface area contributed by atoms with Crippen LogP contribution < -0.4 is 0 Å². The Morgan fingerprint density at radius 1 is 1.30 bits per heavy atom. The van der Waals surface area contributed by atoms with Crippen LogP contribution in [0.5, 0.6) is 0 Å². The van der Waals surface area contributed by atoms with Gasteiger partial charge in [0.25, 0.3) is 6.43 Å². The van der Waals surface area contributed by atoms with E-state index in [1.54, 1.807) is 0 Å². The number of alkyl halides is 5. The van der Waals surface area contributed by atoms with E-state index >= 15 is 0 Å². The highest BCUT2D eigenvalue weighted by Gasteiger charge is 2.34. The van der Waals surface area contributed by atoms with Gasteiger partial charge in [0.1, 0.15) is 0 Å². The molecule has 2 rings (SSSR count). The Bertz CT molecular complexity index is 571. The first-order valence-electron chi connectivity index (χ1n) is 7.00. The Morgan fingerprint density at radius 3 is 2.57 bits per heavy atom. The first-order valence-corrected chi connectivity index (χ1v) is 7.00. The summed E-state index contributed by atoms with van der Waals surface area (Å²) in [7, 11) is 0. The van der Waals surface area contributed by atoms with E-state index in [9.17, 15) is 26.7 Å². The average Bonchev–Trinajstić information content (AvgIpc) is 2.92. The Hall–Kier alpha value is -1.70. The number of rotatable bonds is 5. The zero-order chi connectivity index (χ0) is 17.2. The van der Waals surface area contributed by atoms with Gasteiger partial charge >= 0.3 is 12.1 Å². The van der Waals surface area contributed by atoms with Gasteiger partial charge in [-0.1, -0.05) is 0 Å². The Morgan fingerprint density at radius 2 is 2.00 bits per heavy atom. The molecule has 0 aromatic heterocycles. The maximum Gasteiger partial charge on any atom is 0.416 e. The number of benzene rings is 1. The van der Waals surface area contributed by atoms with Crippen molar-refractivity contribution >= 4 is 5.97 Å². The molecule has 2 unspecified atom stereocenters. The molecule has 3 nitrogen and oxygen atoms in total. The van der Waals surface area contributed by atoms with E-state index in [1.807, 2.05) is 0 Å². The minimum atomic E-state index is -4.71. The zero-order valence-corrected chi connectivity index (χ0v) is 11.9. The van der Waals surface area contributed by atoms with Gasteiger partial charge in [0.15, 0.2) is 0 Å². The molecule has 128 valence electrons. The van der Waals surface area contributed by atoms with Crippen LogP contribution in [0.25, 0.3) is 0 Å². The van der Waals surface area contributed by atoms with Crippen LogP contribution in [0.4, 0.5) is 22.0 Å². The van der Waals surface area contributed by atoms with Crippen LogP contribution >= 0.6 is 0 Å². The van der Waals surface area contributed by atoms with Crippen molar-refractivity contribution in [3.8, 4) is 0 Å². The van der Waals surface area contributed by atoms with Gasteiger partial charge in [-0.2, -0.15) is 13.2 Å². The molecule has 0 aliphatic carbocycles. The summed E-state index contributed by atoms with van der Waals surface area (Å²) in [5.41, 5.74) is -1.64. The van der Waals surface area contributed by atoms with Gasteiger partial charge in [-0.05, 0) is 36.6 Å². The van der Waals surface area contributed by atoms with Crippen molar-refractivity contribution in [3.63, 3.8) is 0 Å². The smallest absolute Gasteiger partial charge is 0.416 e. The predicted molar refractivity (Wildman–Crippen MR) is 70.4 cm³/mol. The first kappa shape index (κ1) is 17.7. The molecule has 0 amide bonds. The van der Waals surface area contributed by atoms with Crippen LogP contribution in [0.15, 0.2) is 18.2 Å². The second-order valence-electron chi connectivity index (χ2n) is 5.51. The molecule has 23 heavy (non-hydrogen) atoms. The Balaban J connectivity index is 2.19. The zero-order valence-electron chi connectivity index (χ0n) is 11.9. The molecule has 0 saturated carbocycles. The summed E-state index contributed by atoms with van der Waals surface area (Å²) >= 11 is 0. The molecule has 0 spiro atoms. The molecule has 1 aliphatic rings. The minimum Gasteiger partial charge on any atom is -0.481 e. The number of carboxylic acid groups (broad SMARTS) is 1. The third-order valence-electron chi connectivity index (χ3n) is 3.79. The number of carboxylic acids is 1. The third-order valence-corrected chi connectivity index (χ3v) is 3.79. The van der Waals surface area contributed by atoms with E-state index < -0.39 is 35.6 Å². The van der Waals surface area contributed by atoms with Crippen LogP contribution in [0.3, 0.4) is 0 Å². The van der Waals surface area contributed by atoms with Gasteiger partial charge in [-0.25, -0.2) is 8.78 Å². The van der Waals surface area contributed by atoms with E-state index in [0.717, 1.165) is 12.1 Å². The summed E-state index contributed by atoms with van der Waals surface area (Å²) in [6.45, 7) is 0.0915. The lowest BCUT2D eigenvalue weighted by Crippen LogP contribution is -2.09. The Kier molecular flexibility index (Phi) is 5.23. The number of carbonyl (C=O) groups is 1. The lowest BCUT2D eigenvalue weighted by Gasteiger charge is -2.15. The highest BCUT2D eigenvalue weighted by atomic mass is 19.4. The van der Waals surface area contributed by atoms with E-state index in [0.29, 0.717) is 12.5 Å². The fraction of sp³-hybridized carbons (Fsp3) is 0.533. The molecule has 1 aliphatic heterocycles. The normalized spacial score (nSPS) is 21.8. The highest BCUT2D eigenvalue weighted by Crippen LogP contribution is 2.38. The summed E-state index contributed by atoms with van der Waals surface area (Å²) in [6.07, 6.45) is -7.64. The predicted octanol–water partition coefficient (Wildman–Crippen LogP) is 4.38. The number of hydrogen-bond acceptors (Lipinski definition) is 2. The van der Waals surface area contributed by atoms with Crippen LogP contribution in [-0.2, 0) is 15.7 Å². The molecular weight excluding hydrogens is 323 g/mol. The molecular formula is C15H15F5O3. The second kappa shape index (κ2) is 6.82. The van der Waals surface area contributed by atoms with Crippen LogP contribution in [-0.4, -0.2) is 23.8 Å². The molecule has 8 heteroatoms. The molecule has 0 radical (unpaired) electrons. The molecule has 1 heterocycles. The molecule has 1 saturated heterocycles. The standard InChI is InChI=1S/C15H15F5O3/c16-14(17)9-3-8(4-11(5-9)15(18,19)20)10-6-12(23-7-10)1-2-13(21)22/h3-5,10,12,14H,1-2,6-7H2,(H,21,22). The van der Waals surface area contributed by atoms with Crippen molar-refractivity contribution in [3.05, 3.63) is 34.9 Å². The van der Waals surface area contributed by atoms with Crippen molar-refractivity contribution in [1.82, 2.24) is 0 Å². The Labute approximate surface area is 129 Å². The summed E-state index contributed by atoms with van der Waals surface area (Å²) in [6, 6.07) is 2.37. The van der Waals surface area contributed by atoms with Gasteiger partial charge in [0.05, 0.1) is 18.3 Å². The topological polar surface area (TPSA) is 46.5 Å². The van der Waals surface area contributed by atoms with Crippen molar-refractivity contribution in [2.24, 2.45) is 0 Å². The lowest BCUT2D eigenvalue weighted by molar-refractivity contribution is -0.138. The molecule has 2 atom stereocenters. The van der Waals surface area contributed by atoms with Gasteiger partial charge in [-0.3, -0.25) is 4.79 Å². The summed E-state index contributed by atoms with van der Waals surface area (Å²) < 4.78 is 69.5. The minimum absolute atomic E-state index is 0.0915. The van der Waals surface area contributed by atoms with E-state index in [2.05, 4.69) is 0 Å². The highest BCUT2D eigenvalue weighted by molar-refractivity contribution is 5.66. The van der Waals surface area contributed by atoms with Crippen molar-refractivity contribution < 1.29 is 36.6 Å². The van der Waals surface area contributed by atoms with E-state index in [4.69, 9.17) is 9.84 Å². The number of hydrogen-bond donors (Lipinski definition) is 1. The fourth-order valence-electron chi connectivity index (χ4n) is 2.63. The summed E-state index contributed by atoms with van der Waals surface area (Å²) in [5, 5.41) is 8.62. The quantitative estimate of drug-likeness (QED) is 0.811. The van der Waals surface area contributed by atoms with Gasteiger partial charge < -0.3 is 9.84 Å². The lowest BCUT2D eigenvalue weighted by atomic mass is 9.92. The maximum atomic E-state index is 12.8. The SMILES string of the molecule is O=C(O)CCC1CC(c2cc(C(F)F)cc(C(F)(F)F)c2)CO1. The second-order valence-corrected chi connectivity index (χ2v) is 5.51. The van der Waals surface area contributed by atoms with Crippen LogP contribution in [0.1, 0.15) is 48.3 Å². The largest absolute Gasteiger partial charge is 0.481 e. The summed E-state index contributed by atoms with van der Waals surface area (Å²) in [4.78, 5) is 10.5. The molecule has 0 bridgehead atoms. The van der Waals surface area contributed by atoms with E-state index in [-0.39, 0.29) is 31.1 Å². The average molecular weight is 338 g/mol. The number of aliphatic carboxylic acids is 1. The molecule has 1 N–H and O–H groups in total. The maximum absolute atomic E-state index is 12.8. The van der Waals surface area contributed by atoms with E-state index in [1.165, 1.54) is 0 Å². The van der Waals surface area contributed by atoms with Crippen molar-refractivity contribution in [2.75, 3.05) is 6.61 Å². The monoisotopic (exact) mass is 338 g/mol. The van der Waals surface area contributed by atoms with Gasteiger partial charge in [-0.15, -0.1) is 0 Å². The van der Waals surface area contributed by atoms with Crippen LogP contribution in [0.2, 0.25) is 0 Å². The number of halogens is 5. The van der Waals surface area contributed by atoms with Gasteiger partial charge in [0.2, 0.25) is 0 Å². The summed E-state index contributed by atoms with van der Waals surface area (Å²) in [5.74, 6) is -1.44. The van der Waals surface area contributed by atoms with Crippen LogP contribution in [0, 0.1) is 0 Å². The first-order chi connectivity index (χ1) is 10.7. The molecule has 1 aromatic rings. The van der Waals surface area contributed by atoms with Crippen molar-refractivity contribution in [2.45, 2.75) is 43.9 Å². The fourth-order valence-corrected chi connectivity index (χ4v) is 2.63. The third kappa shape index (κ3) is 4.63. The van der Waals surface area contributed by atoms with Crippen molar-refractivity contribution in [1.29, 1.82) is 0 Å². The van der Waals surface area contributed by atoms with Gasteiger partial charge in [0, 0.05) is 17.9 Å². The number of ether oxygens (including phenoxy) is 1.